The quantitative estimate of drug-likeness (QED) is 0.471. The van der Waals surface area contributed by atoms with Crippen LogP contribution in [0.25, 0.3) is 21.1 Å². The molecule has 8 heteroatoms. The third-order valence-electron chi connectivity index (χ3n) is 3.90. The monoisotopic (exact) mass is 405 g/mol. The number of fused-ring (bicyclic) bond motifs is 2. The lowest BCUT2D eigenvalue weighted by Gasteiger charge is -2.13. The van der Waals surface area contributed by atoms with Gasteiger partial charge < -0.3 is 10.4 Å². The zero-order valence-electron chi connectivity index (χ0n) is 14.8. The van der Waals surface area contributed by atoms with E-state index in [4.69, 9.17) is 5.11 Å². The Morgan fingerprint density at radius 3 is 2.63 bits per heavy atom. The lowest BCUT2D eigenvalue weighted by molar-refractivity contribution is 0.168. The highest BCUT2D eigenvalue weighted by Crippen LogP contribution is 2.32. The summed E-state index contributed by atoms with van der Waals surface area (Å²) in [5, 5.41) is 12.0. The van der Waals surface area contributed by atoms with Crippen LogP contribution < -0.4 is 10.6 Å². The fraction of sp³-hybridized carbons (Fsp3) is 0.158. The van der Waals surface area contributed by atoms with Crippen molar-refractivity contribution in [3.8, 4) is 0 Å². The van der Waals surface area contributed by atoms with Crippen molar-refractivity contribution in [2.75, 3.05) is 25.5 Å². The van der Waals surface area contributed by atoms with Gasteiger partial charge in [-0.2, -0.15) is 0 Å². The van der Waals surface area contributed by atoms with E-state index in [1.54, 1.807) is 17.5 Å². The van der Waals surface area contributed by atoms with Gasteiger partial charge in [0.1, 0.15) is 5.82 Å². The molecule has 27 heavy (non-hydrogen) atoms. The van der Waals surface area contributed by atoms with E-state index < -0.39 is 14.8 Å². The highest BCUT2D eigenvalue weighted by Gasteiger charge is 2.11. The molecule has 0 amide bonds. The summed E-state index contributed by atoms with van der Waals surface area (Å²) in [4.78, 5) is 8.65. The number of aliphatic hydroxyl groups excluding tert-OH is 1. The second kappa shape index (κ2) is 8.65. The van der Waals surface area contributed by atoms with E-state index in [1.165, 1.54) is 6.07 Å². The molecular weight excluding hydrogens is 387 g/mol. The molecule has 2 N–H and O–H groups in total. The summed E-state index contributed by atoms with van der Waals surface area (Å²) in [6.45, 7) is 2.86. The summed E-state index contributed by atoms with van der Waals surface area (Å²) in [6.07, 6.45) is 1.70. The minimum absolute atomic E-state index is 0.174. The van der Waals surface area contributed by atoms with Crippen LogP contribution in [-0.2, 0) is 0 Å². The Balaban J connectivity index is 0.000000659. The number of halogens is 2. The molecular formula is C19H18F2N3OPS. The summed E-state index contributed by atoms with van der Waals surface area (Å²) in [5.41, 5.74) is 5.36. The molecule has 2 aromatic carbocycles. The maximum absolute atomic E-state index is 14.2. The SMILES string of the molecule is CP(C)c1cc2c(Nc3ccc4scnc4c3)ccnc2cc1F.OCF. The van der Waals surface area contributed by atoms with Crippen LogP contribution in [0.3, 0.4) is 0 Å². The van der Waals surface area contributed by atoms with Gasteiger partial charge in [0.15, 0.2) is 6.86 Å². The van der Waals surface area contributed by atoms with Crippen LogP contribution >= 0.6 is 19.3 Å². The number of nitrogens with one attached hydrogen (secondary N) is 1. The fourth-order valence-electron chi connectivity index (χ4n) is 2.70. The Kier molecular flexibility index (Phi) is 6.26. The number of benzene rings is 2. The van der Waals surface area contributed by atoms with Gasteiger partial charge in [-0.25, -0.2) is 13.8 Å². The minimum Gasteiger partial charge on any atom is -0.366 e. The van der Waals surface area contributed by atoms with E-state index in [2.05, 4.69) is 34.7 Å². The second-order valence-corrected chi connectivity index (χ2v) is 9.01. The Morgan fingerprint density at radius 1 is 1.11 bits per heavy atom. The van der Waals surface area contributed by atoms with Gasteiger partial charge in [0.2, 0.25) is 0 Å². The summed E-state index contributed by atoms with van der Waals surface area (Å²) >= 11 is 1.62. The predicted molar refractivity (Wildman–Crippen MR) is 111 cm³/mol. The summed E-state index contributed by atoms with van der Waals surface area (Å²) in [7, 11) is -0.518. The number of rotatable bonds is 3. The molecule has 0 aliphatic rings. The van der Waals surface area contributed by atoms with E-state index in [0.717, 1.165) is 32.3 Å². The third kappa shape index (κ3) is 4.38. The van der Waals surface area contributed by atoms with Crippen molar-refractivity contribution in [2.45, 2.75) is 0 Å². The first kappa shape index (κ1) is 19.5. The average Bonchev–Trinajstić information content (AvgIpc) is 3.09. The van der Waals surface area contributed by atoms with E-state index >= 15 is 0 Å². The first-order valence-corrected chi connectivity index (χ1v) is 11.2. The van der Waals surface area contributed by atoms with Gasteiger partial charge in [-0.05, 0) is 43.7 Å². The lowest BCUT2D eigenvalue weighted by Crippen LogP contribution is -2.06. The van der Waals surface area contributed by atoms with Crippen molar-refractivity contribution in [3.05, 3.63) is 53.9 Å². The van der Waals surface area contributed by atoms with Crippen molar-refractivity contribution >= 4 is 57.1 Å². The second-order valence-electron chi connectivity index (χ2n) is 5.85. The van der Waals surface area contributed by atoms with E-state index in [-0.39, 0.29) is 5.82 Å². The number of hydrogen-bond donors (Lipinski definition) is 2. The Labute approximate surface area is 160 Å². The van der Waals surface area contributed by atoms with Gasteiger partial charge in [0.25, 0.3) is 0 Å². The first-order chi connectivity index (χ1) is 13.0. The highest BCUT2D eigenvalue weighted by molar-refractivity contribution is 7.64. The number of hydrogen-bond acceptors (Lipinski definition) is 5. The van der Waals surface area contributed by atoms with Crippen LogP contribution in [0.2, 0.25) is 0 Å². The zero-order valence-corrected chi connectivity index (χ0v) is 16.5. The van der Waals surface area contributed by atoms with Crippen molar-refractivity contribution in [3.63, 3.8) is 0 Å². The normalized spacial score (nSPS) is 10.9. The molecule has 0 atom stereocenters. The van der Waals surface area contributed by atoms with Crippen molar-refractivity contribution in [1.82, 2.24) is 9.97 Å². The molecule has 0 radical (unpaired) electrons. The molecule has 0 aliphatic carbocycles. The predicted octanol–water partition coefficient (Wildman–Crippen LogP) is 5.00. The number of nitrogens with zero attached hydrogens (tertiary/aromatic N) is 2. The number of aromatic nitrogens is 2. The number of thiazole rings is 1. The lowest BCUT2D eigenvalue weighted by atomic mass is 10.1. The molecule has 0 fully saturated rings. The molecule has 2 heterocycles. The summed E-state index contributed by atoms with van der Waals surface area (Å²) in [5.74, 6) is -0.174. The fourth-order valence-corrected chi connectivity index (χ4v) is 4.24. The smallest absolute Gasteiger partial charge is 0.185 e. The van der Waals surface area contributed by atoms with Gasteiger partial charge >= 0.3 is 0 Å². The maximum atomic E-state index is 14.2. The van der Waals surface area contributed by atoms with Crippen LogP contribution in [0, 0.1) is 5.82 Å². The van der Waals surface area contributed by atoms with Crippen molar-refractivity contribution in [1.29, 1.82) is 0 Å². The highest BCUT2D eigenvalue weighted by atomic mass is 32.1. The van der Waals surface area contributed by atoms with Gasteiger partial charge in [-0.1, -0.05) is 7.92 Å². The Hall–Kier alpha value is -2.21. The number of pyridine rings is 1. The van der Waals surface area contributed by atoms with Crippen LogP contribution in [0.15, 0.2) is 48.1 Å². The average molecular weight is 405 g/mol. The van der Waals surface area contributed by atoms with E-state index in [0.29, 0.717) is 5.52 Å². The van der Waals surface area contributed by atoms with E-state index in [9.17, 15) is 8.78 Å². The van der Waals surface area contributed by atoms with Gasteiger partial charge in [0.05, 0.1) is 21.2 Å². The van der Waals surface area contributed by atoms with Crippen molar-refractivity contribution in [2.24, 2.45) is 0 Å². The molecule has 0 saturated heterocycles. The van der Waals surface area contributed by atoms with Gasteiger partial charge in [-0.15, -0.1) is 11.3 Å². The molecule has 140 valence electrons. The molecule has 4 rings (SSSR count). The topological polar surface area (TPSA) is 58.0 Å². The Morgan fingerprint density at radius 2 is 1.89 bits per heavy atom. The molecule has 0 aliphatic heterocycles. The van der Waals surface area contributed by atoms with Crippen LogP contribution in [0.4, 0.5) is 20.2 Å². The standard InChI is InChI=1S/C18H15FN3PS.CH3FO/c1-23(2)17-8-12-14(5-6-20-15(12)9-13(17)19)22-11-3-4-18-16(7-11)21-10-24-18;2-1-3/h3-10H,1-2H3,(H,20,22);3H,1H2. The third-order valence-corrected chi connectivity index (χ3v) is 6.02. The number of anilines is 2. The number of alkyl halides is 1. The largest absolute Gasteiger partial charge is 0.366 e. The molecule has 4 nitrogen and oxygen atoms in total. The van der Waals surface area contributed by atoms with Crippen LogP contribution in [0.5, 0.6) is 0 Å². The summed E-state index contributed by atoms with van der Waals surface area (Å²) in [6, 6.07) is 11.5. The molecule has 0 bridgehead atoms. The zero-order chi connectivity index (χ0) is 19.4. The molecule has 4 aromatic rings. The van der Waals surface area contributed by atoms with Crippen LogP contribution in [-0.4, -0.2) is 35.3 Å². The maximum Gasteiger partial charge on any atom is 0.185 e. The van der Waals surface area contributed by atoms with E-state index in [1.807, 2.05) is 29.8 Å². The minimum atomic E-state index is -1.25. The molecule has 0 unspecified atom stereocenters. The van der Waals surface area contributed by atoms with Crippen molar-refractivity contribution < 1.29 is 13.9 Å². The Bertz CT molecular complexity index is 1070. The number of aliphatic hydroxyl groups is 1. The molecule has 0 spiro atoms. The van der Waals surface area contributed by atoms with Crippen LogP contribution in [0.1, 0.15) is 0 Å². The first-order valence-electron chi connectivity index (χ1n) is 8.06. The van der Waals surface area contributed by atoms with Gasteiger partial charge in [0, 0.05) is 34.3 Å². The molecule has 2 aromatic heterocycles. The van der Waals surface area contributed by atoms with Gasteiger partial charge in [-0.3, -0.25) is 4.98 Å². The molecule has 0 saturated carbocycles. The summed E-state index contributed by atoms with van der Waals surface area (Å²) < 4.78 is 25.2.